The van der Waals surface area contributed by atoms with Crippen molar-refractivity contribution in [3.8, 4) is 11.5 Å². The van der Waals surface area contributed by atoms with E-state index in [1.165, 1.54) is 12.1 Å². The van der Waals surface area contributed by atoms with Crippen LogP contribution in [0.3, 0.4) is 0 Å². The van der Waals surface area contributed by atoms with Crippen molar-refractivity contribution >= 4 is 17.6 Å². The van der Waals surface area contributed by atoms with Crippen LogP contribution in [0.5, 0.6) is 11.5 Å². The van der Waals surface area contributed by atoms with Crippen LogP contribution in [0.15, 0.2) is 47.5 Å². The lowest BCUT2D eigenvalue weighted by Gasteiger charge is -2.06. The molecule has 0 radical (unpaired) electrons. The topological polar surface area (TPSA) is 64.7 Å². The van der Waals surface area contributed by atoms with Gasteiger partial charge in [0.15, 0.2) is 5.75 Å². The molecule has 5 heteroatoms. The van der Waals surface area contributed by atoms with Crippen molar-refractivity contribution in [1.82, 2.24) is 0 Å². The molecule has 0 N–H and O–H groups in total. The number of hydrogen-bond donors (Lipinski definition) is 0. The van der Waals surface area contributed by atoms with Gasteiger partial charge in [-0.15, -0.1) is 0 Å². The molecule has 1 aliphatic rings. The highest BCUT2D eigenvalue weighted by molar-refractivity contribution is 5.88. The van der Waals surface area contributed by atoms with Crippen LogP contribution in [-0.2, 0) is 0 Å². The van der Waals surface area contributed by atoms with Crippen molar-refractivity contribution < 1.29 is 9.66 Å². The van der Waals surface area contributed by atoms with E-state index < -0.39 is 4.92 Å². The highest BCUT2D eigenvalue weighted by Crippen LogP contribution is 2.36. The quantitative estimate of drug-likeness (QED) is 0.483. The van der Waals surface area contributed by atoms with Gasteiger partial charge in [0.1, 0.15) is 11.4 Å². The molecular weight excluding hydrogens is 232 g/mol. The summed E-state index contributed by atoms with van der Waals surface area (Å²) in [5.41, 5.74) is 1.43. The lowest BCUT2D eigenvalue weighted by atomic mass is 10.2. The van der Waals surface area contributed by atoms with Crippen molar-refractivity contribution in [1.29, 1.82) is 0 Å². The zero-order valence-electron chi connectivity index (χ0n) is 9.24. The van der Waals surface area contributed by atoms with E-state index in [2.05, 4.69) is 4.99 Å². The SMILES string of the molecule is O=[N+]([O-])c1ccc2c(c1)Oc1ccccc1N=C2. The van der Waals surface area contributed by atoms with E-state index in [1.54, 1.807) is 18.3 Å². The number of benzene rings is 2. The number of rotatable bonds is 1. The Balaban J connectivity index is 2.13. The molecule has 5 nitrogen and oxygen atoms in total. The summed E-state index contributed by atoms with van der Waals surface area (Å²) in [5.74, 6) is 1.03. The van der Waals surface area contributed by atoms with E-state index in [1.807, 2.05) is 18.2 Å². The monoisotopic (exact) mass is 240 g/mol. The maximum atomic E-state index is 10.7. The predicted octanol–water partition coefficient (Wildman–Crippen LogP) is 3.45. The average molecular weight is 240 g/mol. The fourth-order valence-corrected chi connectivity index (χ4v) is 1.74. The summed E-state index contributed by atoms with van der Waals surface area (Å²) in [6, 6.07) is 11.8. The van der Waals surface area contributed by atoms with Crippen LogP contribution in [0.2, 0.25) is 0 Å². The van der Waals surface area contributed by atoms with Crippen LogP contribution in [-0.4, -0.2) is 11.1 Å². The van der Waals surface area contributed by atoms with E-state index in [9.17, 15) is 10.1 Å². The number of aliphatic imine (C=N–C) groups is 1. The molecule has 0 atom stereocenters. The van der Waals surface area contributed by atoms with E-state index in [0.717, 1.165) is 5.56 Å². The first-order valence-corrected chi connectivity index (χ1v) is 5.33. The number of para-hydroxylation sites is 2. The van der Waals surface area contributed by atoms with Gasteiger partial charge in [0, 0.05) is 17.8 Å². The maximum Gasteiger partial charge on any atom is 0.273 e. The number of nitro benzene ring substituents is 1. The van der Waals surface area contributed by atoms with Gasteiger partial charge in [-0.2, -0.15) is 0 Å². The van der Waals surface area contributed by atoms with Crippen LogP contribution in [0.4, 0.5) is 11.4 Å². The molecule has 18 heavy (non-hydrogen) atoms. The Bertz CT molecular complexity index is 665. The number of nitrogens with zero attached hydrogens (tertiary/aromatic N) is 2. The number of nitro groups is 1. The molecule has 0 bridgehead atoms. The third-order valence-corrected chi connectivity index (χ3v) is 2.64. The number of fused-ring (bicyclic) bond motifs is 2. The van der Waals surface area contributed by atoms with E-state index in [-0.39, 0.29) is 5.69 Å². The largest absolute Gasteiger partial charge is 0.454 e. The fourth-order valence-electron chi connectivity index (χ4n) is 1.74. The van der Waals surface area contributed by atoms with E-state index >= 15 is 0 Å². The van der Waals surface area contributed by atoms with Crippen molar-refractivity contribution in [3.63, 3.8) is 0 Å². The number of hydrogen-bond acceptors (Lipinski definition) is 4. The highest BCUT2D eigenvalue weighted by atomic mass is 16.6. The smallest absolute Gasteiger partial charge is 0.273 e. The molecule has 0 unspecified atom stereocenters. The summed E-state index contributed by atoms with van der Waals surface area (Å²) in [4.78, 5) is 14.6. The molecule has 0 fully saturated rings. The maximum absolute atomic E-state index is 10.7. The van der Waals surface area contributed by atoms with Crippen molar-refractivity contribution in [2.24, 2.45) is 4.99 Å². The molecule has 0 amide bonds. The number of ether oxygens (including phenoxy) is 1. The minimum Gasteiger partial charge on any atom is -0.454 e. The summed E-state index contributed by atoms with van der Waals surface area (Å²) in [6.07, 6.45) is 1.64. The zero-order valence-corrected chi connectivity index (χ0v) is 9.24. The first kappa shape index (κ1) is 10.5. The summed E-state index contributed by atoms with van der Waals surface area (Å²) >= 11 is 0. The molecule has 2 aromatic rings. The standard InChI is InChI=1S/C13H8N2O3/c16-15(17)10-6-5-9-8-14-11-3-1-2-4-12(11)18-13(9)7-10/h1-8H. The Labute approximate surface area is 103 Å². The molecule has 0 spiro atoms. The molecule has 3 rings (SSSR count). The van der Waals surface area contributed by atoms with Gasteiger partial charge in [-0.25, -0.2) is 0 Å². The minimum atomic E-state index is -0.447. The van der Waals surface area contributed by atoms with Gasteiger partial charge in [0.25, 0.3) is 5.69 Å². The Morgan fingerprint density at radius 2 is 1.94 bits per heavy atom. The summed E-state index contributed by atoms with van der Waals surface area (Å²) in [6.45, 7) is 0. The first-order valence-electron chi connectivity index (χ1n) is 5.33. The van der Waals surface area contributed by atoms with E-state index in [0.29, 0.717) is 17.2 Å². The van der Waals surface area contributed by atoms with Gasteiger partial charge in [-0.1, -0.05) is 12.1 Å². The first-order chi connectivity index (χ1) is 8.74. The minimum absolute atomic E-state index is 0.00142. The lowest BCUT2D eigenvalue weighted by molar-refractivity contribution is -0.384. The lowest BCUT2D eigenvalue weighted by Crippen LogP contribution is -1.92. The van der Waals surface area contributed by atoms with Crippen LogP contribution < -0.4 is 4.74 Å². The van der Waals surface area contributed by atoms with Gasteiger partial charge in [-0.3, -0.25) is 15.1 Å². The van der Waals surface area contributed by atoms with E-state index in [4.69, 9.17) is 4.74 Å². The van der Waals surface area contributed by atoms with Crippen molar-refractivity contribution in [2.75, 3.05) is 0 Å². The zero-order chi connectivity index (χ0) is 12.5. The Morgan fingerprint density at radius 1 is 1.11 bits per heavy atom. The second-order valence-corrected chi connectivity index (χ2v) is 3.81. The molecule has 1 heterocycles. The predicted molar refractivity (Wildman–Crippen MR) is 66.9 cm³/mol. The van der Waals surface area contributed by atoms with Crippen LogP contribution in [0.25, 0.3) is 0 Å². The molecule has 1 aliphatic heterocycles. The molecule has 0 saturated heterocycles. The molecule has 0 saturated carbocycles. The van der Waals surface area contributed by atoms with Crippen molar-refractivity contribution in [3.05, 3.63) is 58.1 Å². The summed E-state index contributed by atoms with van der Waals surface area (Å²) < 4.78 is 5.66. The molecule has 88 valence electrons. The van der Waals surface area contributed by atoms with Crippen LogP contribution >= 0.6 is 0 Å². The Morgan fingerprint density at radius 3 is 2.78 bits per heavy atom. The second-order valence-electron chi connectivity index (χ2n) is 3.81. The molecule has 0 aliphatic carbocycles. The highest BCUT2D eigenvalue weighted by Gasteiger charge is 2.15. The third kappa shape index (κ3) is 1.71. The molecular formula is C13H8N2O3. The molecule has 2 aromatic carbocycles. The average Bonchev–Trinajstić information content (AvgIpc) is 2.56. The van der Waals surface area contributed by atoms with Gasteiger partial charge in [0.2, 0.25) is 0 Å². The van der Waals surface area contributed by atoms with Crippen molar-refractivity contribution in [2.45, 2.75) is 0 Å². The van der Waals surface area contributed by atoms with Gasteiger partial charge >= 0.3 is 0 Å². The normalized spacial score (nSPS) is 12.0. The van der Waals surface area contributed by atoms with Crippen LogP contribution in [0, 0.1) is 10.1 Å². The second kappa shape index (κ2) is 3.96. The Kier molecular flexibility index (Phi) is 2.30. The Hall–Kier alpha value is -2.69. The third-order valence-electron chi connectivity index (χ3n) is 2.64. The molecule has 0 aromatic heterocycles. The van der Waals surface area contributed by atoms with Gasteiger partial charge in [-0.05, 0) is 18.2 Å². The summed E-state index contributed by atoms with van der Waals surface area (Å²) in [7, 11) is 0. The van der Waals surface area contributed by atoms with Crippen LogP contribution in [0.1, 0.15) is 5.56 Å². The van der Waals surface area contributed by atoms with Gasteiger partial charge < -0.3 is 4.74 Å². The fraction of sp³-hybridized carbons (Fsp3) is 0. The summed E-state index contributed by atoms with van der Waals surface area (Å²) in [5, 5.41) is 10.7. The van der Waals surface area contributed by atoms with Gasteiger partial charge in [0.05, 0.1) is 11.0 Å². The number of non-ortho nitro benzene ring substituents is 1.